The maximum Gasteiger partial charge on any atom is 0.323 e. The van der Waals surface area contributed by atoms with Gasteiger partial charge >= 0.3 is 6.03 Å². The molecule has 8 nitrogen and oxygen atoms in total. The fourth-order valence-corrected chi connectivity index (χ4v) is 5.28. The first kappa shape index (κ1) is 17.4. The number of aryl methyl sites for hydroxylation is 1. The first-order valence-electron chi connectivity index (χ1n) is 9.59. The summed E-state index contributed by atoms with van der Waals surface area (Å²) in [5.41, 5.74) is 2.15. The summed E-state index contributed by atoms with van der Waals surface area (Å²) >= 11 is 1.23. The molecule has 2 N–H and O–H groups in total. The predicted octanol–water partition coefficient (Wildman–Crippen LogP) is 3.10. The first-order valence-corrected chi connectivity index (χ1v) is 10.4. The third kappa shape index (κ3) is 2.99. The highest BCUT2D eigenvalue weighted by molar-refractivity contribution is 7.09. The van der Waals surface area contributed by atoms with Crippen LogP contribution in [0.1, 0.15) is 18.7 Å². The van der Waals surface area contributed by atoms with Crippen molar-refractivity contribution in [2.24, 2.45) is 11.8 Å². The third-order valence-corrected chi connectivity index (χ3v) is 6.84. The number of amides is 2. The number of hydrogen-bond acceptors (Lipinski definition) is 6. The van der Waals surface area contributed by atoms with Crippen molar-refractivity contribution in [2.75, 3.05) is 30.4 Å². The van der Waals surface area contributed by atoms with Gasteiger partial charge in [-0.05, 0) is 43.7 Å². The van der Waals surface area contributed by atoms with E-state index in [2.05, 4.69) is 48.7 Å². The Morgan fingerprint density at radius 2 is 2.11 bits per heavy atom. The Bertz CT molecular complexity index is 1000. The Morgan fingerprint density at radius 1 is 1.32 bits per heavy atom. The topological polar surface area (TPSA) is 90.0 Å². The number of fused-ring (bicyclic) bond motifs is 2. The van der Waals surface area contributed by atoms with Crippen molar-refractivity contribution < 1.29 is 4.79 Å². The highest BCUT2D eigenvalue weighted by atomic mass is 32.1. The number of aromatic nitrogens is 4. The summed E-state index contributed by atoms with van der Waals surface area (Å²) in [4.78, 5) is 28.7. The molecule has 0 spiro atoms. The van der Waals surface area contributed by atoms with Gasteiger partial charge in [0.1, 0.15) is 11.5 Å². The van der Waals surface area contributed by atoms with Crippen molar-refractivity contribution in [1.29, 1.82) is 0 Å². The van der Waals surface area contributed by atoms with Crippen LogP contribution < -0.4 is 10.2 Å². The molecule has 1 aliphatic heterocycles. The summed E-state index contributed by atoms with van der Waals surface area (Å²) in [5, 5.41) is 4.62. The zero-order chi connectivity index (χ0) is 19.3. The Labute approximate surface area is 167 Å². The highest BCUT2D eigenvalue weighted by Crippen LogP contribution is 2.41. The summed E-state index contributed by atoms with van der Waals surface area (Å²) in [7, 11) is 2.18. The van der Waals surface area contributed by atoms with Crippen LogP contribution in [0, 0.1) is 18.8 Å². The summed E-state index contributed by atoms with van der Waals surface area (Å²) in [5.74, 6) is 1.80. The van der Waals surface area contributed by atoms with Gasteiger partial charge in [-0.25, -0.2) is 14.8 Å². The minimum Gasteiger partial charge on any atom is -0.371 e. The second-order valence-electron chi connectivity index (χ2n) is 7.81. The summed E-state index contributed by atoms with van der Waals surface area (Å²) < 4.78 is 4.11. The zero-order valence-electron chi connectivity index (χ0n) is 15.9. The summed E-state index contributed by atoms with van der Waals surface area (Å²) in [6.45, 7) is 3.45. The van der Waals surface area contributed by atoms with Gasteiger partial charge in [-0.3, -0.25) is 5.32 Å². The lowest BCUT2D eigenvalue weighted by Crippen LogP contribution is -2.36. The molecule has 1 saturated carbocycles. The molecule has 146 valence electrons. The standard InChI is InChI=1S/C19H23N7OS/c1-11-22-18(28-24-11)23-19(27)26-9-12-7-14(8-13(12)10-26)25(2)16-4-6-21-17-15(16)3-5-20-17/h3-6,12-14H,7-10H2,1-2H3,(H,20,21)(H,22,23,24,27). The van der Waals surface area contributed by atoms with Crippen LogP contribution in [0.15, 0.2) is 24.5 Å². The van der Waals surface area contributed by atoms with E-state index in [-0.39, 0.29) is 6.03 Å². The number of nitrogens with one attached hydrogen (secondary N) is 2. The van der Waals surface area contributed by atoms with E-state index in [9.17, 15) is 4.79 Å². The molecular formula is C19H23N7OS. The molecule has 2 fully saturated rings. The van der Waals surface area contributed by atoms with E-state index in [1.807, 2.05) is 24.2 Å². The van der Waals surface area contributed by atoms with E-state index >= 15 is 0 Å². The van der Waals surface area contributed by atoms with Gasteiger partial charge in [-0.1, -0.05) is 0 Å². The molecular weight excluding hydrogens is 374 g/mol. The molecule has 3 aromatic rings. The zero-order valence-corrected chi connectivity index (χ0v) is 16.7. The molecule has 2 amide bonds. The quantitative estimate of drug-likeness (QED) is 0.709. The van der Waals surface area contributed by atoms with Gasteiger partial charge in [-0.15, -0.1) is 0 Å². The molecule has 28 heavy (non-hydrogen) atoms. The lowest BCUT2D eigenvalue weighted by Gasteiger charge is -2.29. The molecule has 2 unspecified atom stereocenters. The monoisotopic (exact) mass is 397 g/mol. The van der Waals surface area contributed by atoms with Crippen LogP contribution >= 0.6 is 11.5 Å². The Kier molecular flexibility index (Phi) is 4.19. The van der Waals surface area contributed by atoms with E-state index in [1.165, 1.54) is 17.2 Å². The normalized spacial score (nSPS) is 23.9. The average molecular weight is 398 g/mol. The minimum atomic E-state index is -0.0568. The van der Waals surface area contributed by atoms with Gasteiger partial charge < -0.3 is 14.8 Å². The third-order valence-electron chi connectivity index (χ3n) is 6.12. The van der Waals surface area contributed by atoms with E-state index in [4.69, 9.17) is 0 Å². The molecule has 1 aliphatic carbocycles. The molecule has 0 bridgehead atoms. The summed E-state index contributed by atoms with van der Waals surface area (Å²) in [6.07, 6.45) is 6.02. The largest absolute Gasteiger partial charge is 0.371 e. The number of likely N-dealkylation sites (tertiary alicyclic amines) is 1. The van der Waals surface area contributed by atoms with Crippen molar-refractivity contribution >= 4 is 39.4 Å². The number of pyridine rings is 1. The van der Waals surface area contributed by atoms with Gasteiger partial charge in [0, 0.05) is 61.2 Å². The molecule has 2 aliphatic rings. The fraction of sp³-hybridized carbons (Fsp3) is 0.474. The second-order valence-corrected chi connectivity index (χ2v) is 8.56. The number of anilines is 2. The lowest BCUT2D eigenvalue weighted by atomic mass is 10.0. The lowest BCUT2D eigenvalue weighted by molar-refractivity contribution is 0.218. The number of carbonyl (C=O) groups is 1. The van der Waals surface area contributed by atoms with Gasteiger partial charge in [0.15, 0.2) is 0 Å². The van der Waals surface area contributed by atoms with E-state index < -0.39 is 0 Å². The second kappa shape index (κ2) is 6.73. The number of hydrogen-bond donors (Lipinski definition) is 2. The molecule has 3 aromatic heterocycles. The Morgan fingerprint density at radius 3 is 2.82 bits per heavy atom. The SMILES string of the molecule is Cc1nsc(NC(=O)N2CC3CC(N(C)c4ccnc5[nH]ccc45)CC3C2)n1. The van der Waals surface area contributed by atoms with Gasteiger partial charge in [0.05, 0.1) is 0 Å². The Hall–Kier alpha value is -2.68. The van der Waals surface area contributed by atoms with Crippen molar-refractivity contribution in [3.05, 3.63) is 30.4 Å². The number of urea groups is 1. The van der Waals surface area contributed by atoms with Crippen LogP contribution in [0.25, 0.3) is 11.0 Å². The molecule has 9 heteroatoms. The van der Waals surface area contributed by atoms with Crippen LogP contribution in [-0.2, 0) is 0 Å². The van der Waals surface area contributed by atoms with Gasteiger partial charge in [-0.2, -0.15) is 4.37 Å². The molecule has 5 rings (SSSR count). The number of nitrogens with zero attached hydrogens (tertiary/aromatic N) is 5. The molecule has 0 aromatic carbocycles. The van der Waals surface area contributed by atoms with Crippen LogP contribution in [0.3, 0.4) is 0 Å². The number of H-pyrrole nitrogens is 1. The predicted molar refractivity (Wildman–Crippen MR) is 110 cm³/mol. The number of rotatable bonds is 3. The molecule has 2 atom stereocenters. The van der Waals surface area contributed by atoms with Crippen molar-refractivity contribution in [2.45, 2.75) is 25.8 Å². The maximum atomic E-state index is 12.5. The fourth-order valence-electron chi connectivity index (χ4n) is 4.72. The van der Waals surface area contributed by atoms with Crippen LogP contribution in [0.2, 0.25) is 0 Å². The first-order chi connectivity index (χ1) is 13.6. The number of carbonyl (C=O) groups excluding carboxylic acids is 1. The smallest absolute Gasteiger partial charge is 0.323 e. The van der Waals surface area contributed by atoms with Crippen LogP contribution in [0.4, 0.5) is 15.6 Å². The van der Waals surface area contributed by atoms with Crippen molar-refractivity contribution in [3.8, 4) is 0 Å². The van der Waals surface area contributed by atoms with Gasteiger partial charge in [0.2, 0.25) is 5.13 Å². The van der Waals surface area contributed by atoms with E-state index in [1.54, 1.807) is 0 Å². The average Bonchev–Trinajstić information content (AvgIpc) is 3.43. The van der Waals surface area contributed by atoms with Gasteiger partial charge in [0.25, 0.3) is 0 Å². The van der Waals surface area contributed by atoms with E-state index in [0.29, 0.717) is 28.8 Å². The summed E-state index contributed by atoms with van der Waals surface area (Å²) in [6, 6.07) is 4.62. The van der Waals surface area contributed by atoms with Crippen LogP contribution in [-0.4, -0.2) is 56.4 Å². The van der Waals surface area contributed by atoms with Crippen molar-refractivity contribution in [1.82, 2.24) is 24.2 Å². The number of aromatic amines is 1. The highest BCUT2D eigenvalue weighted by Gasteiger charge is 2.43. The molecule has 4 heterocycles. The Balaban J connectivity index is 1.23. The minimum absolute atomic E-state index is 0.0568. The van der Waals surface area contributed by atoms with E-state index in [0.717, 1.165) is 37.0 Å². The molecule has 1 saturated heterocycles. The van der Waals surface area contributed by atoms with Crippen LogP contribution in [0.5, 0.6) is 0 Å². The maximum absolute atomic E-state index is 12.5. The van der Waals surface area contributed by atoms with Crippen molar-refractivity contribution in [3.63, 3.8) is 0 Å². The molecule has 0 radical (unpaired) electrons.